The smallest absolute Gasteiger partial charge is 0.251 e. The fourth-order valence-electron chi connectivity index (χ4n) is 2.57. The van der Waals surface area contributed by atoms with Crippen molar-refractivity contribution >= 4 is 11.7 Å². The van der Waals surface area contributed by atoms with Crippen molar-refractivity contribution in [3.8, 4) is 11.3 Å². The van der Waals surface area contributed by atoms with Gasteiger partial charge in [-0.15, -0.1) is 5.10 Å². The van der Waals surface area contributed by atoms with Crippen LogP contribution in [0.1, 0.15) is 16.8 Å². The van der Waals surface area contributed by atoms with Gasteiger partial charge in [-0.25, -0.2) is 4.98 Å². The molecular formula is C18H21N7O. The highest BCUT2D eigenvalue weighted by Gasteiger charge is 2.12. The minimum atomic E-state index is -0.110. The van der Waals surface area contributed by atoms with E-state index in [1.807, 2.05) is 37.2 Å². The fourth-order valence-corrected chi connectivity index (χ4v) is 2.57. The van der Waals surface area contributed by atoms with Crippen LogP contribution in [-0.4, -0.2) is 51.5 Å². The monoisotopic (exact) mass is 351 g/mol. The summed E-state index contributed by atoms with van der Waals surface area (Å²) in [5.41, 5.74) is 2.20. The molecule has 2 aromatic heterocycles. The van der Waals surface area contributed by atoms with Gasteiger partial charge in [-0.3, -0.25) is 14.5 Å². The molecule has 0 atom stereocenters. The van der Waals surface area contributed by atoms with Crippen LogP contribution in [-0.2, 0) is 6.54 Å². The van der Waals surface area contributed by atoms with Crippen LogP contribution in [0.5, 0.6) is 0 Å². The molecule has 0 aliphatic rings. The maximum Gasteiger partial charge on any atom is 0.251 e. The molecular weight excluding hydrogens is 330 g/mol. The number of nitrogens with zero attached hydrogens (tertiary/aromatic N) is 6. The van der Waals surface area contributed by atoms with E-state index in [-0.39, 0.29) is 5.91 Å². The number of nitrogens with one attached hydrogen (secondary N) is 1. The summed E-state index contributed by atoms with van der Waals surface area (Å²) in [6.45, 7) is 1.28. The number of hydrogen-bond donors (Lipinski definition) is 1. The Morgan fingerprint density at radius 2 is 2.04 bits per heavy atom. The average Bonchev–Trinajstić information content (AvgIpc) is 3.18. The summed E-state index contributed by atoms with van der Waals surface area (Å²) < 4.78 is 1.74. The molecule has 134 valence electrons. The molecule has 3 rings (SSSR count). The van der Waals surface area contributed by atoms with Gasteiger partial charge in [-0.05, 0) is 18.6 Å². The van der Waals surface area contributed by atoms with E-state index < -0.39 is 0 Å². The lowest BCUT2D eigenvalue weighted by Crippen LogP contribution is -2.25. The van der Waals surface area contributed by atoms with Gasteiger partial charge in [-0.2, -0.15) is 0 Å². The van der Waals surface area contributed by atoms with Gasteiger partial charge in [-0.1, -0.05) is 17.3 Å². The first-order valence-electron chi connectivity index (χ1n) is 8.36. The lowest BCUT2D eigenvalue weighted by Gasteiger charge is -2.15. The van der Waals surface area contributed by atoms with Crippen LogP contribution in [0.25, 0.3) is 11.3 Å². The lowest BCUT2D eigenvalue weighted by molar-refractivity contribution is 0.0952. The van der Waals surface area contributed by atoms with Gasteiger partial charge in [0.2, 0.25) is 0 Å². The third-order valence-electron chi connectivity index (χ3n) is 3.82. The number of carbonyl (C=O) groups is 1. The number of amides is 1. The zero-order chi connectivity index (χ0) is 18.4. The number of anilines is 1. The van der Waals surface area contributed by atoms with E-state index >= 15 is 0 Å². The van der Waals surface area contributed by atoms with Crippen molar-refractivity contribution in [1.29, 1.82) is 0 Å². The number of aromatic nitrogens is 5. The Balaban J connectivity index is 1.66. The van der Waals surface area contributed by atoms with Crippen molar-refractivity contribution in [2.45, 2.75) is 13.0 Å². The molecule has 8 heteroatoms. The van der Waals surface area contributed by atoms with Gasteiger partial charge in [0.25, 0.3) is 5.91 Å². The largest absolute Gasteiger partial charge is 0.361 e. The second-order valence-electron chi connectivity index (χ2n) is 5.98. The summed E-state index contributed by atoms with van der Waals surface area (Å²) in [4.78, 5) is 23.1. The summed E-state index contributed by atoms with van der Waals surface area (Å²) >= 11 is 0. The van der Waals surface area contributed by atoms with E-state index in [1.54, 1.807) is 35.5 Å². The van der Waals surface area contributed by atoms with Gasteiger partial charge in [0.15, 0.2) is 5.82 Å². The van der Waals surface area contributed by atoms with Crippen LogP contribution >= 0.6 is 0 Å². The van der Waals surface area contributed by atoms with Crippen molar-refractivity contribution in [3.63, 3.8) is 0 Å². The molecule has 8 nitrogen and oxygen atoms in total. The molecule has 0 saturated heterocycles. The molecule has 1 aromatic carbocycles. The normalized spacial score (nSPS) is 10.5. The van der Waals surface area contributed by atoms with Crippen molar-refractivity contribution in [3.05, 3.63) is 54.6 Å². The molecule has 1 N–H and O–H groups in total. The summed E-state index contributed by atoms with van der Waals surface area (Å²) in [7, 11) is 3.83. The lowest BCUT2D eigenvalue weighted by atomic mass is 10.1. The van der Waals surface area contributed by atoms with Crippen LogP contribution < -0.4 is 10.2 Å². The molecule has 0 aliphatic carbocycles. The van der Waals surface area contributed by atoms with E-state index in [0.717, 1.165) is 23.5 Å². The molecule has 0 bridgehead atoms. The predicted octanol–water partition coefficient (Wildman–Crippen LogP) is 1.62. The Kier molecular flexibility index (Phi) is 5.52. The average molecular weight is 351 g/mol. The van der Waals surface area contributed by atoms with Gasteiger partial charge >= 0.3 is 0 Å². The second kappa shape index (κ2) is 8.19. The topological polar surface area (TPSA) is 88.8 Å². The summed E-state index contributed by atoms with van der Waals surface area (Å²) in [6, 6.07) is 7.41. The number of rotatable bonds is 7. The van der Waals surface area contributed by atoms with Crippen molar-refractivity contribution in [1.82, 2.24) is 30.3 Å². The van der Waals surface area contributed by atoms with Crippen LogP contribution in [0.2, 0.25) is 0 Å². The highest BCUT2D eigenvalue weighted by atomic mass is 16.1. The molecule has 0 fully saturated rings. The van der Waals surface area contributed by atoms with E-state index in [2.05, 4.69) is 25.6 Å². The zero-order valence-electron chi connectivity index (χ0n) is 14.8. The molecule has 1 amide bonds. The SMILES string of the molecule is CN(C)c1nccnc1-c1cccc(C(=O)NCCCn2ccnn2)c1. The van der Waals surface area contributed by atoms with E-state index in [0.29, 0.717) is 18.7 Å². The highest BCUT2D eigenvalue weighted by molar-refractivity contribution is 5.95. The number of carbonyl (C=O) groups excluding carboxylic acids is 1. The number of benzene rings is 1. The molecule has 0 radical (unpaired) electrons. The Morgan fingerprint density at radius 3 is 2.81 bits per heavy atom. The summed E-state index contributed by atoms with van der Waals surface area (Å²) in [5, 5.41) is 10.6. The molecule has 3 aromatic rings. The second-order valence-corrected chi connectivity index (χ2v) is 5.98. The molecule has 26 heavy (non-hydrogen) atoms. The maximum absolute atomic E-state index is 12.4. The first-order chi connectivity index (χ1) is 12.6. The van der Waals surface area contributed by atoms with Crippen LogP contribution in [0.3, 0.4) is 0 Å². The standard InChI is InChI=1S/C18H21N7O/c1-24(2)17-16(19-8-9-20-17)14-5-3-6-15(13-14)18(26)21-7-4-11-25-12-10-22-23-25/h3,5-6,8-10,12-13H,4,7,11H2,1-2H3,(H,21,26). The van der Waals surface area contributed by atoms with Crippen molar-refractivity contribution in [2.75, 3.05) is 25.5 Å². The first-order valence-corrected chi connectivity index (χ1v) is 8.36. The van der Waals surface area contributed by atoms with Crippen LogP contribution in [0.4, 0.5) is 5.82 Å². The molecule has 2 heterocycles. The highest BCUT2D eigenvalue weighted by Crippen LogP contribution is 2.25. The van der Waals surface area contributed by atoms with Crippen LogP contribution in [0.15, 0.2) is 49.1 Å². The minimum Gasteiger partial charge on any atom is -0.361 e. The van der Waals surface area contributed by atoms with Gasteiger partial charge in [0, 0.05) is 56.9 Å². The molecule has 0 unspecified atom stereocenters. The Labute approximate surface area is 151 Å². The first kappa shape index (κ1) is 17.5. The molecule has 0 aliphatic heterocycles. The third kappa shape index (κ3) is 4.21. The summed E-state index contributed by atoms with van der Waals surface area (Å²) in [6.07, 6.45) is 7.53. The quantitative estimate of drug-likeness (QED) is 0.651. The minimum absolute atomic E-state index is 0.110. The van der Waals surface area contributed by atoms with Crippen molar-refractivity contribution < 1.29 is 4.79 Å². The number of hydrogen-bond acceptors (Lipinski definition) is 6. The van der Waals surface area contributed by atoms with E-state index in [1.165, 1.54) is 0 Å². The van der Waals surface area contributed by atoms with E-state index in [4.69, 9.17) is 0 Å². The predicted molar refractivity (Wildman–Crippen MR) is 98.8 cm³/mol. The fraction of sp³-hybridized carbons (Fsp3) is 0.278. The third-order valence-corrected chi connectivity index (χ3v) is 3.82. The zero-order valence-corrected chi connectivity index (χ0v) is 14.8. The molecule has 0 saturated carbocycles. The van der Waals surface area contributed by atoms with E-state index in [9.17, 15) is 4.79 Å². The van der Waals surface area contributed by atoms with Crippen molar-refractivity contribution in [2.24, 2.45) is 0 Å². The Morgan fingerprint density at radius 1 is 1.19 bits per heavy atom. The number of aryl methyl sites for hydroxylation is 1. The van der Waals surface area contributed by atoms with Gasteiger partial charge in [0.1, 0.15) is 5.69 Å². The maximum atomic E-state index is 12.4. The Hall–Kier alpha value is -3.29. The Bertz CT molecular complexity index is 861. The summed E-state index contributed by atoms with van der Waals surface area (Å²) in [5.74, 6) is 0.652. The molecule has 0 spiro atoms. The van der Waals surface area contributed by atoms with Gasteiger partial charge < -0.3 is 10.2 Å². The van der Waals surface area contributed by atoms with Gasteiger partial charge in [0.05, 0.1) is 6.20 Å². The van der Waals surface area contributed by atoms with Crippen LogP contribution in [0, 0.1) is 0 Å².